The van der Waals surface area contributed by atoms with Crippen molar-refractivity contribution in [3.8, 4) is 0 Å². The summed E-state index contributed by atoms with van der Waals surface area (Å²) < 4.78 is 1.38. The lowest BCUT2D eigenvalue weighted by atomic mass is 10.2. The van der Waals surface area contributed by atoms with Crippen molar-refractivity contribution in [3.05, 3.63) is 32.9 Å². The molecule has 1 heteroatoms. The van der Waals surface area contributed by atoms with Crippen LogP contribution < -0.4 is 0 Å². The zero-order chi connectivity index (χ0) is 6.85. The number of hydrogen-bond donors (Lipinski definition) is 0. The summed E-state index contributed by atoms with van der Waals surface area (Å²) >= 11 is 2.37. The molecule has 1 aromatic carbocycles. The van der Waals surface area contributed by atoms with Crippen molar-refractivity contribution >= 4 is 22.6 Å². The average Bonchev–Trinajstić information content (AvgIpc) is 1.83. The highest BCUT2D eigenvalue weighted by Gasteiger charge is 1.93. The van der Waals surface area contributed by atoms with E-state index in [1.165, 1.54) is 14.7 Å². The fourth-order valence-corrected chi connectivity index (χ4v) is 1.15. The Balaban J connectivity index is 3.25. The molecule has 0 amide bonds. The van der Waals surface area contributed by atoms with Crippen LogP contribution in [0.2, 0.25) is 0 Å². The van der Waals surface area contributed by atoms with E-state index in [0.717, 1.165) is 0 Å². The van der Waals surface area contributed by atoms with Gasteiger partial charge in [0.15, 0.2) is 0 Å². The maximum atomic E-state index is 2.37. The zero-order valence-corrected chi connectivity index (χ0v) is 7.77. The Labute approximate surface area is 69.4 Å². The third-order valence-electron chi connectivity index (χ3n) is 1.38. The van der Waals surface area contributed by atoms with Gasteiger partial charge in [-0.15, -0.1) is 0 Å². The average molecular weight is 232 g/mol. The Morgan fingerprint density at radius 1 is 1.11 bits per heavy atom. The second-order valence-corrected chi connectivity index (χ2v) is 3.28. The number of hydrogen-bond acceptors (Lipinski definition) is 0. The van der Waals surface area contributed by atoms with Gasteiger partial charge in [0.1, 0.15) is 0 Å². The highest BCUT2D eigenvalue weighted by atomic mass is 127. The third-order valence-corrected chi connectivity index (χ3v) is 3.09. The van der Waals surface area contributed by atoms with E-state index in [0.29, 0.717) is 0 Å². The summed E-state index contributed by atoms with van der Waals surface area (Å²) in [7, 11) is 0. The van der Waals surface area contributed by atoms with Gasteiger partial charge in [0.05, 0.1) is 0 Å². The number of aryl methyl sites for hydroxylation is 2. The lowest BCUT2D eigenvalue weighted by Gasteiger charge is -1.98. The van der Waals surface area contributed by atoms with E-state index >= 15 is 0 Å². The molecule has 0 radical (unpaired) electrons. The molecule has 0 aliphatic rings. The Hall–Kier alpha value is -0.0500. The molecule has 48 valence electrons. The first-order valence-corrected chi connectivity index (χ1v) is 4.01. The predicted molar refractivity (Wildman–Crippen MR) is 48.6 cm³/mol. The normalized spacial score (nSPS) is 9.67. The minimum Gasteiger partial charge on any atom is -0.0617 e. The van der Waals surface area contributed by atoms with Crippen LogP contribution in [0.25, 0.3) is 0 Å². The highest BCUT2D eigenvalue weighted by Crippen LogP contribution is 2.14. The van der Waals surface area contributed by atoms with Crippen LogP contribution in [0.1, 0.15) is 11.1 Å². The molecule has 0 fully saturated rings. The largest absolute Gasteiger partial charge is 0.0617 e. The Morgan fingerprint density at radius 3 is 1.89 bits per heavy atom. The van der Waals surface area contributed by atoms with Crippen LogP contribution in [0, 0.1) is 17.4 Å². The quantitative estimate of drug-likeness (QED) is 0.603. The van der Waals surface area contributed by atoms with Gasteiger partial charge in [0.2, 0.25) is 0 Å². The molecule has 1 aromatic rings. The van der Waals surface area contributed by atoms with Crippen molar-refractivity contribution in [1.82, 2.24) is 0 Å². The lowest BCUT2D eigenvalue weighted by Crippen LogP contribution is -1.82. The standard InChI is InChI=1S/C8H9I/c1-6-4-3-5-7(2)8(6)9/h3-5H,1-2H3. The molecular weight excluding hydrogens is 223 g/mol. The molecule has 9 heavy (non-hydrogen) atoms. The molecule has 0 nitrogen and oxygen atoms in total. The molecule has 1 rings (SSSR count). The first-order chi connectivity index (χ1) is 4.22. The van der Waals surface area contributed by atoms with Crippen molar-refractivity contribution in [1.29, 1.82) is 0 Å². The van der Waals surface area contributed by atoms with Crippen LogP contribution in [-0.2, 0) is 0 Å². The topological polar surface area (TPSA) is 0 Å². The van der Waals surface area contributed by atoms with Gasteiger partial charge in [-0.05, 0) is 47.6 Å². The number of rotatable bonds is 0. The molecule has 0 aliphatic carbocycles. The first kappa shape index (κ1) is 7.06. The molecule has 0 bridgehead atoms. The Kier molecular flexibility index (Phi) is 2.11. The molecule has 0 atom stereocenters. The molecule has 0 unspecified atom stereocenters. The van der Waals surface area contributed by atoms with Crippen molar-refractivity contribution in [2.24, 2.45) is 0 Å². The molecule has 0 N–H and O–H groups in total. The molecule has 0 saturated carbocycles. The van der Waals surface area contributed by atoms with Crippen molar-refractivity contribution in [3.63, 3.8) is 0 Å². The fourth-order valence-electron chi connectivity index (χ4n) is 0.794. The van der Waals surface area contributed by atoms with Gasteiger partial charge in [-0.25, -0.2) is 0 Å². The van der Waals surface area contributed by atoms with Crippen LogP contribution >= 0.6 is 22.6 Å². The van der Waals surface area contributed by atoms with Crippen LogP contribution in [0.4, 0.5) is 0 Å². The first-order valence-electron chi connectivity index (χ1n) is 2.93. The van der Waals surface area contributed by atoms with E-state index in [1.807, 2.05) is 0 Å². The van der Waals surface area contributed by atoms with E-state index in [1.54, 1.807) is 0 Å². The molecule has 0 aromatic heterocycles. The summed E-state index contributed by atoms with van der Waals surface area (Å²) in [5.41, 5.74) is 2.74. The van der Waals surface area contributed by atoms with Crippen molar-refractivity contribution in [2.75, 3.05) is 0 Å². The van der Waals surface area contributed by atoms with E-state index < -0.39 is 0 Å². The molecule has 0 aliphatic heterocycles. The maximum absolute atomic E-state index is 2.37. The predicted octanol–water partition coefficient (Wildman–Crippen LogP) is 2.91. The van der Waals surface area contributed by atoms with Gasteiger partial charge in [-0.3, -0.25) is 0 Å². The summed E-state index contributed by atoms with van der Waals surface area (Å²) in [4.78, 5) is 0. The van der Waals surface area contributed by atoms with Gasteiger partial charge >= 0.3 is 0 Å². The lowest BCUT2D eigenvalue weighted by molar-refractivity contribution is 1.34. The number of halogens is 1. The number of benzene rings is 1. The van der Waals surface area contributed by atoms with Crippen molar-refractivity contribution in [2.45, 2.75) is 13.8 Å². The van der Waals surface area contributed by atoms with Crippen LogP contribution in [0.15, 0.2) is 18.2 Å². The van der Waals surface area contributed by atoms with E-state index in [-0.39, 0.29) is 0 Å². The molecule has 0 heterocycles. The molecule has 0 saturated heterocycles. The van der Waals surface area contributed by atoms with E-state index in [4.69, 9.17) is 0 Å². The van der Waals surface area contributed by atoms with Gasteiger partial charge in [0.25, 0.3) is 0 Å². The summed E-state index contributed by atoms with van der Waals surface area (Å²) in [6, 6.07) is 6.36. The van der Waals surface area contributed by atoms with Gasteiger partial charge < -0.3 is 0 Å². The van der Waals surface area contributed by atoms with Gasteiger partial charge in [-0.1, -0.05) is 18.2 Å². The van der Waals surface area contributed by atoms with Crippen LogP contribution in [0.3, 0.4) is 0 Å². The fraction of sp³-hybridized carbons (Fsp3) is 0.250. The third kappa shape index (κ3) is 1.45. The van der Waals surface area contributed by atoms with Gasteiger partial charge in [0, 0.05) is 3.57 Å². The minimum absolute atomic E-state index is 1.37. The summed E-state index contributed by atoms with van der Waals surface area (Å²) in [6.07, 6.45) is 0. The Bertz CT molecular complexity index is 196. The van der Waals surface area contributed by atoms with Crippen LogP contribution in [-0.4, -0.2) is 0 Å². The van der Waals surface area contributed by atoms with E-state index in [9.17, 15) is 0 Å². The van der Waals surface area contributed by atoms with Crippen molar-refractivity contribution < 1.29 is 0 Å². The molecular formula is C8H9I. The van der Waals surface area contributed by atoms with E-state index in [2.05, 4.69) is 54.6 Å². The smallest absolute Gasteiger partial charge is 0.0188 e. The monoisotopic (exact) mass is 232 g/mol. The highest BCUT2D eigenvalue weighted by molar-refractivity contribution is 14.1. The van der Waals surface area contributed by atoms with Gasteiger partial charge in [-0.2, -0.15) is 0 Å². The van der Waals surface area contributed by atoms with Crippen LogP contribution in [0.5, 0.6) is 0 Å². The summed E-state index contributed by atoms with van der Waals surface area (Å²) in [5.74, 6) is 0. The zero-order valence-electron chi connectivity index (χ0n) is 5.61. The molecule has 0 spiro atoms. The second kappa shape index (κ2) is 2.69. The summed E-state index contributed by atoms with van der Waals surface area (Å²) in [6.45, 7) is 4.27. The Morgan fingerprint density at radius 2 is 1.56 bits per heavy atom. The second-order valence-electron chi connectivity index (χ2n) is 2.21. The SMILES string of the molecule is Cc1cccc(C)c1I. The summed E-state index contributed by atoms with van der Waals surface area (Å²) in [5, 5.41) is 0. The minimum atomic E-state index is 1.37. The maximum Gasteiger partial charge on any atom is 0.0188 e.